The Kier molecular flexibility index (Phi) is 6.57. The second-order valence-electron chi connectivity index (χ2n) is 7.65. The number of rotatable bonds is 5. The quantitative estimate of drug-likeness (QED) is 0.663. The van der Waals surface area contributed by atoms with Gasteiger partial charge in [0, 0.05) is 47.7 Å². The van der Waals surface area contributed by atoms with E-state index in [0.29, 0.717) is 30.1 Å². The van der Waals surface area contributed by atoms with Gasteiger partial charge >= 0.3 is 0 Å². The fourth-order valence-corrected chi connectivity index (χ4v) is 3.99. The maximum Gasteiger partial charge on any atom is 0.253 e. The first kappa shape index (κ1) is 21.0. The fourth-order valence-electron chi connectivity index (χ4n) is 3.77. The van der Waals surface area contributed by atoms with Crippen molar-refractivity contribution in [3.05, 3.63) is 83.4 Å². The molecule has 158 valence electrons. The van der Waals surface area contributed by atoms with Crippen molar-refractivity contribution in [2.75, 3.05) is 13.1 Å². The summed E-state index contributed by atoms with van der Waals surface area (Å²) in [4.78, 5) is 35.1. The molecule has 0 atom stereocenters. The van der Waals surface area contributed by atoms with E-state index in [2.05, 4.69) is 15.3 Å². The maximum absolute atomic E-state index is 12.9. The van der Waals surface area contributed by atoms with Gasteiger partial charge in [0.2, 0.25) is 5.91 Å². The number of hydrogen-bond acceptors (Lipinski definition) is 4. The number of piperidine rings is 1. The molecular formula is C24H23ClN4O2. The molecular weight excluding hydrogens is 412 g/mol. The predicted octanol–water partition coefficient (Wildman–Crippen LogP) is 3.76. The number of carbonyl (C=O) groups excluding carboxylic acids is 2. The molecule has 6 nitrogen and oxygen atoms in total. The average Bonchev–Trinajstić information content (AvgIpc) is 2.80. The largest absolute Gasteiger partial charge is 0.353 e. The van der Waals surface area contributed by atoms with Gasteiger partial charge in [-0.05, 0) is 48.2 Å². The number of aromatic nitrogens is 2. The molecule has 1 saturated heterocycles. The van der Waals surface area contributed by atoms with Gasteiger partial charge in [-0.1, -0.05) is 35.9 Å². The summed E-state index contributed by atoms with van der Waals surface area (Å²) in [7, 11) is 0. The van der Waals surface area contributed by atoms with E-state index in [1.54, 1.807) is 24.5 Å². The first-order valence-corrected chi connectivity index (χ1v) is 10.6. The zero-order valence-corrected chi connectivity index (χ0v) is 17.8. The zero-order chi connectivity index (χ0) is 21.6. The average molecular weight is 435 g/mol. The summed E-state index contributed by atoms with van der Waals surface area (Å²) in [6.07, 6.45) is 6.77. The zero-order valence-electron chi connectivity index (χ0n) is 17.0. The molecule has 2 aromatic carbocycles. The van der Waals surface area contributed by atoms with Gasteiger partial charge in [-0.25, -0.2) is 9.97 Å². The predicted molar refractivity (Wildman–Crippen MR) is 120 cm³/mol. The van der Waals surface area contributed by atoms with Crippen LogP contribution in [0.4, 0.5) is 0 Å². The van der Waals surface area contributed by atoms with Gasteiger partial charge in [-0.3, -0.25) is 9.59 Å². The smallest absolute Gasteiger partial charge is 0.253 e. The van der Waals surface area contributed by atoms with Crippen LogP contribution in [0.15, 0.2) is 67.3 Å². The van der Waals surface area contributed by atoms with E-state index in [4.69, 9.17) is 11.6 Å². The van der Waals surface area contributed by atoms with Crippen molar-refractivity contribution in [1.29, 1.82) is 0 Å². The highest BCUT2D eigenvalue weighted by atomic mass is 35.5. The lowest BCUT2D eigenvalue weighted by Crippen LogP contribution is -2.46. The molecule has 3 aromatic rings. The normalized spacial score (nSPS) is 14.3. The van der Waals surface area contributed by atoms with Crippen LogP contribution in [0.1, 0.15) is 28.8 Å². The number of nitrogens with one attached hydrogen (secondary N) is 1. The topological polar surface area (TPSA) is 75.2 Å². The summed E-state index contributed by atoms with van der Waals surface area (Å²) >= 11 is 5.98. The van der Waals surface area contributed by atoms with Crippen molar-refractivity contribution in [2.24, 2.45) is 0 Å². The Morgan fingerprint density at radius 3 is 2.39 bits per heavy atom. The first-order chi connectivity index (χ1) is 15.1. The molecule has 0 radical (unpaired) electrons. The van der Waals surface area contributed by atoms with E-state index in [9.17, 15) is 9.59 Å². The molecule has 31 heavy (non-hydrogen) atoms. The van der Waals surface area contributed by atoms with Gasteiger partial charge in [0.05, 0.1) is 6.42 Å². The highest BCUT2D eigenvalue weighted by molar-refractivity contribution is 6.30. The molecule has 1 aliphatic rings. The van der Waals surface area contributed by atoms with E-state index in [1.807, 2.05) is 41.3 Å². The monoisotopic (exact) mass is 434 g/mol. The number of benzene rings is 2. The van der Waals surface area contributed by atoms with Gasteiger partial charge in [-0.15, -0.1) is 0 Å². The van der Waals surface area contributed by atoms with Crippen molar-refractivity contribution >= 4 is 23.4 Å². The van der Waals surface area contributed by atoms with Crippen molar-refractivity contribution in [3.63, 3.8) is 0 Å². The molecule has 1 aromatic heterocycles. The molecule has 0 aliphatic carbocycles. The third kappa shape index (κ3) is 5.47. The summed E-state index contributed by atoms with van der Waals surface area (Å²) in [5.74, 6) is -0.00732. The van der Waals surface area contributed by atoms with Gasteiger partial charge in [0.25, 0.3) is 5.91 Å². The molecule has 2 amide bonds. The van der Waals surface area contributed by atoms with E-state index in [1.165, 1.54) is 6.33 Å². The van der Waals surface area contributed by atoms with Crippen LogP contribution in [-0.4, -0.2) is 45.8 Å². The summed E-state index contributed by atoms with van der Waals surface area (Å²) in [5, 5.41) is 3.71. The van der Waals surface area contributed by atoms with Crippen molar-refractivity contribution in [1.82, 2.24) is 20.2 Å². The van der Waals surface area contributed by atoms with Crippen molar-refractivity contribution < 1.29 is 9.59 Å². The molecule has 0 saturated carbocycles. The van der Waals surface area contributed by atoms with Crippen molar-refractivity contribution in [3.8, 4) is 11.1 Å². The van der Waals surface area contributed by atoms with Crippen LogP contribution < -0.4 is 5.32 Å². The number of nitrogens with zero attached hydrogens (tertiary/aromatic N) is 3. The Balaban J connectivity index is 1.28. The van der Waals surface area contributed by atoms with Gasteiger partial charge in [-0.2, -0.15) is 0 Å². The van der Waals surface area contributed by atoms with Crippen LogP contribution in [0, 0.1) is 0 Å². The second kappa shape index (κ2) is 9.71. The highest BCUT2D eigenvalue weighted by Gasteiger charge is 2.24. The van der Waals surface area contributed by atoms with Gasteiger partial charge < -0.3 is 10.2 Å². The third-order valence-electron chi connectivity index (χ3n) is 5.43. The Morgan fingerprint density at radius 2 is 1.71 bits per heavy atom. The number of halogens is 1. The minimum Gasteiger partial charge on any atom is -0.353 e. The maximum atomic E-state index is 12.9. The Morgan fingerprint density at radius 1 is 1.00 bits per heavy atom. The Labute approximate surface area is 186 Å². The summed E-state index contributed by atoms with van der Waals surface area (Å²) in [6.45, 7) is 1.24. The summed E-state index contributed by atoms with van der Waals surface area (Å²) < 4.78 is 0. The number of likely N-dealkylation sites (tertiary alicyclic amines) is 1. The molecule has 0 bridgehead atoms. The Hall–Kier alpha value is -3.25. The standard InChI is InChI=1S/C24H23ClN4O2/c25-21-3-1-2-17(12-21)13-23(30)28-22-8-10-29(11-9-22)24(31)19-6-4-18(5-7-19)20-14-26-16-27-15-20/h1-7,12,14-16,22H,8-11,13H2,(H,28,30). The van der Waals surface area contributed by atoms with E-state index < -0.39 is 0 Å². The molecule has 1 fully saturated rings. The molecule has 0 unspecified atom stereocenters. The minimum atomic E-state index is -0.0208. The number of amides is 2. The molecule has 1 N–H and O–H groups in total. The molecule has 1 aliphatic heterocycles. The minimum absolute atomic E-state index is 0.0135. The lowest BCUT2D eigenvalue weighted by Gasteiger charge is -2.32. The third-order valence-corrected chi connectivity index (χ3v) is 5.66. The lowest BCUT2D eigenvalue weighted by molar-refractivity contribution is -0.121. The summed E-state index contributed by atoms with van der Waals surface area (Å²) in [5.41, 5.74) is 3.43. The molecule has 7 heteroatoms. The number of carbonyl (C=O) groups is 2. The van der Waals surface area contributed by atoms with Crippen molar-refractivity contribution in [2.45, 2.75) is 25.3 Å². The van der Waals surface area contributed by atoms with E-state index in [-0.39, 0.29) is 17.9 Å². The molecule has 2 heterocycles. The van der Waals surface area contributed by atoms with Gasteiger partial charge in [0.1, 0.15) is 6.33 Å². The lowest BCUT2D eigenvalue weighted by atomic mass is 10.0. The van der Waals surface area contributed by atoms with Crippen LogP contribution in [0.3, 0.4) is 0 Å². The molecule has 0 spiro atoms. The van der Waals surface area contributed by atoms with E-state index >= 15 is 0 Å². The fraction of sp³-hybridized carbons (Fsp3) is 0.250. The van der Waals surface area contributed by atoms with Crippen LogP contribution in [0.5, 0.6) is 0 Å². The molecule has 4 rings (SSSR count). The van der Waals surface area contributed by atoms with Crippen LogP contribution in [0.2, 0.25) is 5.02 Å². The van der Waals surface area contributed by atoms with E-state index in [0.717, 1.165) is 29.5 Å². The number of hydrogen-bond donors (Lipinski definition) is 1. The van der Waals surface area contributed by atoms with Crippen LogP contribution >= 0.6 is 11.6 Å². The highest BCUT2D eigenvalue weighted by Crippen LogP contribution is 2.20. The second-order valence-corrected chi connectivity index (χ2v) is 8.08. The SMILES string of the molecule is O=C(Cc1cccc(Cl)c1)NC1CCN(C(=O)c2ccc(-c3cncnc3)cc2)CC1. The Bertz CT molecular complexity index is 1050. The summed E-state index contributed by atoms with van der Waals surface area (Å²) in [6, 6.07) is 14.9. The van der Waals surface area contributed by atoms with Crippen LogP contribution in [0.25, 0.3) is 11.1 Å². The first-order valence-electron chi connectivity index (χ1n) is 10.3. The van der Waals surface area contributed by atoms with Gasteiger partial charge in [0.15, 0.2) is 0 Å². The van der Waals surface area contributed by atoms with Crippen LogP contribution in [-0.2, 0) is 11.2 Å².